The zero-order chi connectivity index (χ0) is 15.0. The first kappa shape index (κ1) is 13.8. The second kappa shape index (κ2) is 5.33. The Balaban J connectivity index is 2.04. The van der Waals surface area contributed by atoms with Crippen molar-refractivity contribution in [2.75, 3.05) is 20.6 Å². The number of rotatable bonds is 4. The number of H-pyrrole nitrogens is 1. The van der Waals surface area contributed by atoms with Gasteiger partial charge in [-0.2, -0.15) is 0 Å². The van der Waals surface area contributed by atoms with Crippen molar-refractivity contribution < 1.29 is 0 Å². The Morgan fingerprint density at radius 1 is 1.33 bits per heavy atom. The molecule has 0 amide bonds. The van der Waals surface area contributed by atoms with Crippen molar-refractivity contribution in [3.8, 4) is 0 Å². The van der Waals surface area contributed by atoms with E-state index in [1.807, 2.05) is 39.2 Å². The molecular formula is C16H20N4O. The number of benzene rings is 1. The van der Waals surface area contributed by atoms with E-state index in [2.05, 4.69) is 14.9 Å². The molecule has 5 nitrogen and oxygen atoms in total. The summed E-state index contributed by atoms with van der Waals surface area (Å²) in [6.45, 7) is 3.68. The summed E-state index contributed by atoms with van der Waals surface area (Å²) in [6, 6.07) is 6.11. The molecule has 1 N–H and O–H groups in total. The Morgan fingerprint density at radius 2 is 2.14 bits per heavy atom. The summed E-state index contributed by atoms with van der Waals surface area (Å²) < 4.78 is 1.69. The second-order valence-electron chi connectivity index (χ2n) is 5.80. The van der Waals surface area contributed by atoms with E-state index in [1.165, 1.54) is 5.56 Å². The fourth-order valence-electron chi connectivity index (χ4n) is 2.63. The maximum atomic E-state index is 12.5. The quantitative estimate of drug-likeness (QED) is 0.798. The van der Waals surface area contributed by atoms with Crippen LogP contribution in [0.5, 0.6) is 0 Å². The minimum atomic E-state index is 0.00705. The van der Waals surface area contributed by atoms with Crippen molar-refractivity contribution in [2.24, 2.45) is 0 Å². The molecule has 2 heterocycles. The molecule has 21 heavy (non-hydrogen) atoms. The molecular weight excluding hydrogens is 264 g/mol. The molecule has 3 rings (SSSR count). The van der Waals surface area contributed by atoms with Gasteiger partial charge in [0.1, 0.15) is 11.0 Å². The maximum absolute atomic E-state index is 12.5. The largest absolute Gasteiger partial charge is 0.349 e. The van der Waals surface area contributed by atoms with Crippen LogP contribution in [0.25, 0.3) is 21.9 Å². The SMILES string of the molecule is Cc1ccc2c(c1)[nH]c1c(=O)n(CCCN(C)C)cnc12. The first-order valence-corrected chi connectivity index (χ1v) is 7.18. The molecule has 110 valence electrons. The zero-order valence-corrected chi connectivity index (χ0v) is 12.7. The van der Waals surface area contributed by atoms with Gasteiger partial charge in [-0.25, -0.2) is 4.98 Å². The van der Waals surface area contributed by atoms with Crippen LogP contribution in [-0.2, 0) is 6.54 Å². The van der Waals surface area contributed by atoms with Gasteiger partial charge in [0.2, 0.25) is 0 Å². The Bertz CT molecular complexity index is 844. The molecule has 0 saturated carbocycles. The van der Waals surface area contributed by atoms with Gasteiger partial charge in [-0.1, -0.05) is 12.1 Å². The van der Waals surface area contributed by atoms with E-state index in [0.717, 1.165) is 29.4 Å². The fourth-order valence-corrected chi connectivity index (χ4v) is 2.63. The van der Waals surface area contributed by atoms with E-state index >= 15 is 0 Å². The Kier molecular flexibility index (Phi) is 3.51. The molecule has 5 heteroatoms. The van der Waals surface area contributed by atoms with E-state index in [1.54, 1.807) is 10.9 Å². The molecule has 0 saturated heterocycles. The summed E-state index contributed by atoms with van der Waals surface area (Å²) in [7, 11) is 4.06. The normalized spacial score (nSPS) is 11.8. The van der Waals surface area contributed by atoms with Crippen molar-refractivity contribution >= 4 is 21.9 Å². The Labute approximate surface area is 123 Å². The first-order chi connectivity index (χ1) is 10.1. The van der Waals surface area contributed by atoms with Gasteiger partial charge in [-0.3, -0.25) is 9.36 Å². The van der Waals surface area contributed by atoms with Gasteiger partial charge >= 0.3 is 0 Å². The zero-order valence-electron chi connectivity index (χ0n) is 12.7. The average molecular weight is 284 g/mol. The monoisotopic (exact) mass is 284 g/mol. The van der Waals surface area contributed by atoms with E-state index < -0.39 is 0 Å². The smallest absolute Gasteiger partial charge is 0.277 e. The van der Waals surface area contributed by atoms with Gasteiger partial charge in [-0.15, -0.1) is 0 Å². The number of hydrogen-bond donors (Lipinski definition) is 1. The van der Waals surface area contributed by atoms with Crippen LogP contribution in [0.15, 0.2) is 29.3 Å². The first-order valence-electron chi connectivity index (χ1n) is 7.18. The van der Waals surface area contributed by atoms with Crippen molar-refractivity contribution in [3.05, 3.63) is 40.4 Å². The van der Waals surface area contributed by atoms with Crippen LogP contribution in [0.1, 0.15) is 12.0 Å². The molecule has 0 aliphatic heterocycles. The van der Waals surface area contributed by atoms with Crippen LogP contribution < -0.4 is 5.56 Å². The van der Waals surface area contributed by atoms with Gasteiger partial charge in [0.15, 0.2) is 0 Å². The summed E-state index contributed by atoms with van der Waals surface area (Å²) >= 11 is 0. The average Bonchev–Trinajstić information content (AvgIpc) is 2.79. The van der Waals surface area contributed by atoms with E-state index in [4.69, 9.17) is 0 Å². The molecule has 2 aromatic heterocycles. The minimum Gasteiger partial charge on any atom is -0.349 e. The van der Waals surface area contributed by atoms with Gasteiger partial charge in [0.05, 0.1) is 6.33 Å². The highest BCUT2D eigenvalue weighted by molar-refractivity contribution is 6.04. The molecule has 0 aliphatic carbocycles. The van der Waals surface area contributed by atoms with Crippen molar-refractivity contribution in [1.29, 1.82) is 0 Å². The third kappa shape index (κ3) is 2.56. The number of hydrogen-bond acceptors (Lipinski definition) is 3. The topological polar surface area (TPSA) is 53.9 Å². The molecule has 0 aliphatic rings. The Morgan fingerprint density at radius 3 is 2.90 bits per heavy atom. The molecule has 0 spiro atoms. The van der Waals surface area contributed by atoms with Gasteiger partial charge in [0.25, 0.3) is 5.56 Å². The molecule has 0 bridgehead atoms. The molecule has 3 aromatic rings. The molecule has 1 aromatic carbocycles. The van der Waals surface area contributed by atoms with Crippen LogP contribution in [0.2, 0.25) is 0 Å². The summed E-state index contributed by atoms with van der Waals surface area (Å²) in [5.41, 5.74) is 3.51. The lowest BCUT2D eigenvalue weighted by Gasteiger charge is -2.10. The van der Waals surface area contributed by atoms with E-state index in [0.29, 0.717) is 12.1 Å². The number of aryl methyl sites for hydroxylation is 2. The van der Waals surface area contributed by atoms with Crippen molar-refractivity contribution in [3.63, 3.8) is 0 Å². The van der Waals surface area contributed by atoms with Gasteiger partial charge in [-0.05, 0) is 45.6 Å². The maximum Gasteiger partial charge on any atom is 0.277 e. The standard InChI is InChI=1S/C16H20N4O/c1-11-5-6-12-13(9-11)18-15-14(12)17-10-20(16(15)21)8-4-7-19(2)3/h5-6,9-10,18H,4,7-8H2,1-3H3. The van der Waals surface area contributed by atoms with Gasteiger partial charge in [0, 0.05) is 17.4 Å². The lowest BCUT2D eigenvalue weighted by atomic mass is 10.2. The number of fused-ring (bicyclic) bond motifs is 3. The lowest BCUT2D eigenvalue weighted by molar-refractivity contribution is 0.384. The predicted molar refractivity (Wildman–Crippen MR) is 85.8 cm³/mol. The fraction of sp³-hybridized carbons (Fsp3) is 0.375. The van der Waals surface area contributed by atoms with Crippen LogP contribution in [0.3, 0.4) is 0 Å². The number of nitrogens with zero attached hydrogens (tertiary/aromatic N) is 3. The summed E-state index contributed by atoms with van der Waals surface area (Å²) in [5, 5.41) is 1.01. The number of aromatic nitrogens is 3. The Hall–Kier alpha value is -2.14. The molecule has 0 fully saturated rings. The molecule has 0 radical (unpaired) electrons. The highest BCUT2D eigenvalue weighted by atomic mass is 16.1. The number of nitrogens with one attached hydrogen (secondary N) is 1. The predicted octanol–water partition coefficient (Wildman–Crippen LogP) is 2.14. The lowest BCUT2D eigenvalue weighted by Crippen LogP contribution is -2.23. The summed E-state index contributed by atoms with van der Waals surface area (Å²) in [4.78, 5) is 22.3. The van der Waals surface area contributed by atoms with Crippen LogP contribution in [-0.4, -0.2) is 40.1 Å². The van der Waals surface area contributed by atoms with Gasteiger partial charge < -0.3 is 9.88 Å². The third-order valence-corrected chi connectivity index (χ3v) is 3.73. The van der Waals surface area contributed by atoms with E-state index in [9.17, 15) is 4.79 Å². The van der Waals surface area contributed by atoms with Crippen molar-refractivity contribution in [2.45, 2.75) is 19.9 Å². The highest BCUT2D eigenvalue weighted by Crippen LogP contribution is 2.22. The minimum absolute atomic E-state index is 0.00705. The van der Waals surface area contributed by atoms with Crippen LogP contribution in [0.4, 0.5) is 0 Å². The van der Waals surface area contributed by atoms with Crippen LogP contribution in [0, 0.1) is 6.92 Å². The third-order valence-electron chi connectivity index (χ3n) is 3.73. The molecule has 0 unspecified atom stereocenters. The van der Waals surface area contributed by atoms with Crippen molar-refractivity contribution in [1.82, 2.24) is 19.4 Å². The van der Waals surface area contributed by atoms with E-state index in [-0.39, 0.29) is 5.56 Å². The molecule has 0 atom stereocenters. The van der Waals surface area contributed by atoms with Crippen LogP contribution >= 0.6 is 0 Å². The summed E-state index contributed by atoms with van der Waals surface area (Å²) in [5.74, 6) is 0. The number of aromatic amines is 1. The summed E-state index contributed by atoms with van der Waals surface area (Å²) in [6.07, 6.45) is 2.59. The second-order valence-corrected chi connectivity index (χ2v) is 5.80. The highest BCUT2D eigenvalue weighted by Gasteiger charge is 2.10.